The van der Waals surface area contributed by atoms with E-state index in [1.807, 2.05) is 50.5 Å². The van der Waals surface area contributed by atoms with E-state index in [-0.39, 0.29) is 47.7 Å². The predicted octanol–water partition coefficient (Wildman–Crippen LogP) is 1.97. The number of hydrogen-bond donors (Lipinski definition) is 2. The van der Waals surface area contributed by atoms with Gasteiger partial charge in [-0.25, -0.2) is 9.78 Å². The molecule has 3 amide bonds. The first-order valence-corrected chi connectivity index (χ1v) is 13.0. The third kappa shape index (κ3) is 6.00. The molecule has 1 aliphatic rings. The Kier molecular flexibility index (Phi) is 8.99. The van der Waals surface area contributed by atoms with E-state index < -0.39 is 18.2 Å². The predicted molar refractivity (Wildman–Crippen MR) is 138 cm³/mol. The van der Waals surface area contributed by atoms with Gasteiger partial charge < -0.3 is 20.1 Å². The first-order chi connectivity index (χ1) is 17.0. The average Bonchev–Trinajstić information content (AvgIpc) is 3.43. The van der Waals surface area contributed by atoms with Gasteiger partial charge in [-0.1, -0.05) is 38.1 Å². The molecule has 2 heterocycles. The number of aliphatic hydroxyl groups is 1. The zero-order valence-electron chi connectivity index (χ0n) is 21.9. The Bertz CT molecular complexity index is 1080. The summed E-state index contributed by atoms with van der Waals surface area (Å²) in [7, 11) is 4.81. The Morgan fingerprint density at radius 1 is 1.25 bits per heavy atom. The summed E-state index contributed by atoms with van der Waals surface area (Å²) in [6, 6.07) is 6.40. The van der Waals surface area contributed by atoms with Gasteiger partial charge in [0.1, 0.15) is 6.04 Å². The monoisotopic (exact) mass is 517 g/mol. The van der Waals surface area contributed by atoms with Gasteiger partial charge in [-0.3, -0.25) is 14.1 Å². The van der Waals surface area contributed by atoms with Crippen LogP contribution >= 0.6 is 11.3 Å². The Morgan fingerprint density at radius 3 is 2.47 bits per heavy atom. The van der Waals surface area contributed by atoms with Gasteiger partial charge in [-0.2, -0.15) is 0 Å². The summed E-state index contributed by atoms with van der Waals surface area (Å²) in [6.07, 6.45) is -0.643. The summed E-state index contributed by atoms with van der Waals surface area (Å²) in [5.41, 5.74) is 4.80. The summed E-state index contributed by atoms with van der Waals surface area (Å²) in [5.74, 6) is -1.04. The van der Waals surface area contributed by atoms with Crippen molar-refractivity contribution in [3.63, 3.8) is 0 Å². The normalized spacial score (nSPS) is 18.9. The molecule has 196 valence electrons. The second-order valence-corrected chi connectivity index (χ2v) is 11.0. The molecule has 2 aromatic rings. The molecule has 1 aromatic heterocycles. The number of aromatic nitrogens is 1. The number of carbonyl (C=O) groups is 3. The number of thiazole rings is 1. The molecule has 1 fully saturated rings. The van der Waals surface area contributed by atoms with Gasteiger partial charge in [-0.05, 0) is 18.1 Å². The van der Waals surface area contributed by atoms with Crippen molar-refractivity contribution < 1.29 is 28.7 Å². The second-order valence-electron chi connectivity index (χ2n) is 10.1. The summed E-state index contributed by atoms with van der Waals surface area (Å²) >= 11 is 1.59. The maximum Gasteiger partial charge on any atom is 0.339 e. The van der Waals surface area contributed by atoms with E-state index in [0.29, 0.717) is 6.54 Å². The molecule has 1 aliphatic heterocycles. The van der Waals surface area contributed by atoms with Crippen LogP contribution in [0.5, 0.6) is 0 Å². The van der Waals surface area contributed by atoms with E-state index >= 15 is 0 Å². The highest BCUT2D eigenvalue weighted by atomic mass is 32.1. The van der Waals surface area contributed by atoms with Gasteiger partial charge in [-0.15, -0.1) is 11.3 Å². The molecule has 3 atom stereocenters. The SMILES string of the molecule is COCC(=O)[N+](C)(C)C(C(=O)N1CC(O)CC1C(=O)NCc1ccc(-c2scnc2C)cc1)C(C)C. The lowest BCUT2D eigenvalue weighted by molar-refractivity contribution is -0.835. The second kappa shape index (κ2) is 11.6. The maximum atomic E-state index is 13.7. The highest BCUT2D eigenvalue weighted by Crippen LogP contribution is 2.28. The number of nitrogens with zero attached hydrogens (tertiary/aromatic N) is 3. The molecule has 10 heteroatoms. The number of carbonyl (C=O) groups excluding carboxylic acids is 3. The number of rotatable bonds is 9. The van der Waals surface area contributed by atoms with Gasteiger partial charge in [0.25, 0.3) is 5.91 Å². The lowest BCUT2D eigenvalue weighted by atomic mass is 9.98. The molecule has 2 N–H and O–H groups in total. The topological polar surface area (TPSA) is 109 Å². The number of hydrogen-bond acceptors (Lipinski definition) is 7. The minimum absolute atomic E-state index is 0.0570. The zero-order chi connectivity index (χ0) is 26.6. The third-order valence-corrected chi connectivity index (χ3v) is 7.76. The van der Waals surface area contributed by atoms with Crippen LogP contribution < -0.4 is 5.32 Å². The van der Waals surface area contributed by atoms with Crippen molar-refractivity contribution in [3.05, 3.63) is 41.0 Å². The molecule has 0 spiro atoms. The van der Waals surface area contributed by atoms with E-state index in [1.165, 1.54) is 12.0 Å². The van der Waals surface area contributed by atoms with Crippen LogP contribution in [0.3, 0.4) is 0 Å². The number of quaternary nitrogens is 1. The molecule has 0 saturated carbocycles. The minimum Gasteiger partial charge on any atom is -0.391 e. The highest BCUT2D eigenvalue weighted by Gasteiger charge is 2.49. The number of benzene rings is 1. The molecule has 36 heavy (non-hydrogen) atoms. The maximum absolute atomic E-state index is 13.7. The highest BCUT2D eigenvalue weighted by molar-refractivity contribution is 7.13. The lowest BCUT2D eigenvalue weighted by Gasteiger charge is -2.39. The number of likely N-dealkylation sites (N-methyl/N-ethyl adjacent to an activating group) is 1. The Hall–Kier alpha value is -2.66. The number of likely N-dealkylation sites (tertiary alicyclic amines) is 1. The van der Waals surface area contributed by atoms with E-state index in [2.05, 4.69) is 10.3 Å². The van der Waals surface area contributed by atoms with E-state index in [4.69, 9.17) is 4.74 Å². The largest absolute Gasteiger partial charge is 0.391 e. The molecule has 0 bridgehead atoms. The summed E-state index contributed by atoms with van der Waals surface area (Å²) < 4.78 is 4.82. The van der Waals surface area contributed by atoms with Gasteiger partial charge in [0, 0.05) is 32.5 Å². The van der Waals surface area contributed by atoms with Crippen LogP contribution in [0.2, 0.25) is 0 Å². The molecular weight excluding hydrogens is 480 g/mol. The molecule has 1 saturated heterocycles. The van der Waals surface area contributed by atoms with Crippen molar-refractivity contribution >= 4 is 29.1 Å². The fourth-order valence-electron chi connectivity index (χ4n) is 4.89. The number of nitrogens with one attached hydrogen (secondary N) is 1. The van der Waals surface area contributed by atoms with Crippen molar-refractivity contribution in [1.82, 2.24) is 15.2 Å². The number of aryl methyl sites for hydroxylation is 1. The number of methoxy groups -OCH3 is 1. The van der Waals surface area contributed by atoms with Crippen LogP contribution in [0.15, 0.2) is 29.8 Å². The Morgan fingerprint density at radius 2 is 1.92 bits per heavy atom. The first kappa shape index (κ1) is 27.9. The van der Waals surface area contributed by atoms with Gasteiger partial charge >= 0.3 is 5.91 Å². The van der Waals surface area contributed by atoms with E-state index in [1.54, 1.807) is 25.4 Å². The van der Waals surface area contributed by atoms with E-state index in [0.717, 1.165) is 21.7 Å². The molecule has 3 unspecified atom stereocenters. The molecule has 3 rings (SSSR count). The minimum atomic E-state index is -0.801. The van der Waals surface area contributed by atoms with Gasteiger partial charge in [0.05, 0.1) is 36.3 Å². The van der Waals surface area contributed by atoms with Crippen molar-refractivity contribution in [3.8, 4) is 10.4 Å². The fraction of sp³-hybridized carbons (Fsp3) is 0.538. The standard InChI is InChI=1S/C26H36N4O5S/c1-16(2)23(30(4,5)22(32)14-35-6)26(34)29-13-20(31)11-21(29)25(33)27-12-18-7-9-19(10-8-18)24-17(3)28-15-36-24/h7-10,15-16,20-21,23,31H,11-14H2,1-6H3/p+1. The lowest BCUT2D eigenvalue weighted by Crippen LogP contribution is -2.64. The number of aliphatic hydroxyl groups excluding tert-OH is 1. The van der Waals surface area contributed by atoms with Crippen molar-refractivity contribution in [2.45, 2.75) is 51.9 Å². The summed E-state index contributed by atoms with van der Waals surface area (Å²) in [5, 5.41) is 13.3. The quantitative estimate of drug-likeness (QED) is 0.493. The van der Waals surface area contributed by atoms with Gasteiger partial charge in [0.2, 0.25) is 5.91 Å². The average molecular weight is 518 g/mol. The van der Waals surface area contributed by atoms with Crippen molar-refractivity contribution in [1.29, 1.82) is 0 Å². The van der Waals surface area contributed by atoms with Crippen LogP contribution in [0.4, 0.5) is 0 Å². The van der Waals surface area contributed by atoms with Gasteiger partial charge in [0.15, 0.2) is 12.6 Å². The smallest absolute Gasteiger partial charge is 0.339 e. The molecule has 0 aliphatic carbocycles. The molecule has 1 aromatic carbocycles. The van der Waals surface area contributed by atoms with Crippen molar-refractivity contribution in [2.75, 3.05) is 34.4 Å². The van der Waals surface area contributed by atoms with Crippen LogP contribution in [-0.4, -0.2) is 89.7 Å². The molecule has 0 radical (unpaired) electrons. The molecular formula is C26H37N4O5S+. The van der Waals surface area contributed by atoms with E-state index in [9.17, 15) is 19.5 Å². The third-order valence-electron chi connectivity index (χ3n) is 6.78. The summed E-state index contributed by atoms with van der Waals surface area (Å²) in [4.78, 5) is 46.4. The number of β-amino-alcohol motifs (C(OH)–C–C–N with tert-alkyl or cyclic N) is 1. The summed E-state index contributed by atoms with van der Waals surface area (Å²) in [6.45, 7) is 5.97. The van der Waals surface area contributed by atoms with Crippen LogP contribution in [0, 0.1) is 12.8 Å². The van der Waals surface area contributed by atoms with Crippen LogP contribution in [0.1, 0.15) is 31.5 Å². The van der Waals surface area contributed by atoms with Crippen molar-refractivity contribution in [2.24, 2.45) is 5.92 Å². The van der Waals surface area contributed by atoms with Crippen LogP contribution in [0.25, 0.3) is 10.4 Å². The fourth-order valence-corrected chi connectivity index (χ4v) is 5.70. The Balaban J connectivity index is 1.71. The zero-order valence-corrected chi connectivity index (χ0v) is 22.7. The number of ether oxygens (including phenoxy) is 1. The molecule has 9 nitrogen and oxygen atoms in total. The first-order valence-electron chi connectivity index (χ1n) is 12.1. The number of amides is 3. The Labute approximate surface area is 216 Å². The van der Waals surface area contributed by atoms with Crippen LogP contribution in [-0.2, 0) is 25.7 Å².